The highest BCUT2D eigenvalue weighted by Crippen LogP contribution is 2.35. The molecule has 0 bridgehead atoms. The molecule has 0 aliphatic carbocycles. The van der Waals surface area contributed by atoms with Gasteiger partial charge in [0.15, 0.2) is 0 Å². The topological polar surface area (TPSA) is 62.0 Å². The number of aliphatic hydroxyl groups is 1. The fourth-order valence-electron chi connectivity index (χ4n) is 1.34. The number of hydrogen-bond donors (Lipinski definition) is 3. The van der Waals surface area contributed by atoms with Crippen molar-refractivity contribution in [3.63, 3.8) is 0 Å². The number of aliphatic hydroxyl groups excluding tert-OH is 1. The lowest BCUT2D eigenvalue weighted by atomic mass is 9.72. The SMILES string of the molecule is Cc1ccc([C@@](C)(N)C(C)(C)CO)[nH]1. The van der Waals surface area contributed by atoms with Crippen LogP contribution >= 0.6 is 0 Å². The molecule has 0 radical (unpaired) electrons. The minimum atomic E-state index is -0.546. The van der Waals surface area contributed by atoms with Crippen LogP contribution in [0.5, 0.6) is 0 Å². The van der Waals surface area contributed by atoms with Gasteiger partial charge in [-0.05, 0) is 26.0 Å². The highest BCUT2D eigenvalue weighted by Gasteiger charge is 2.39. The Kier molecular flexibility index (Phi) is 2.74. The summed E-state index contributed by atoms with van der Waals surface area (Å²) in [5.74, 6) is 0. The number of aromatic nitrogens is 1. The molecule has 1 aromatic rings. The van der Waals surface area contributed by atoms with Crippen molar-refractivity contribution >= 4 is 0 Å². The molecule has 0 saturated carbocycles. The van der Waals surface area contributed by atoms with Gasteiger partial charge in [0.25, 0.3) is 0 Å². The Balaban J connectivity index is 3.07. The van der Waals surface area contributed by atoms with E-state index >= 15 is 0 Å². The fraction of sp³-hybridized carbons (Fsp3) is 0.636. The summed E-state index contributed by atoms with van der Waals surface area (Å²) in [6.45, 7) is 7.92. The van der Waals surface area contributed by atoms with Gasteiger partial charge in [0.2, 0.25) is 0 Å². The van der Waals surface area contributed by atoms with Gasteiger partial charge in [0.1, 0.15) is 0 Å². The molecule has 80 valence electrons. The Hall–Kier alpha value is -0.800. The minimum absolute atomic E-state index is 0.0675. The normalized spacial score (nSPS) is 16.7. The van der Waals surface area contributed by atoms with Crippen LogP contribution in [0.2, 0.25) is 0 Å². The van der Waals surface area contributed by atoms with Crippen LogP contribution in [-0.2, 0) is 5.54 Å². The van der Waals surface area contributed by atoms with E-state index in [0.717, 1.165) is 11.4 Å². The standard InChI is InChI=1S/C11H20N2O/c1-8-5-6-9(13-8)11(4,12)10(2,3)7-14/h5-6,13-14H,7,12H2,1-4H3/t11-/m1/s1. The van der Waals surface area contributed by atoms with Crippen LogP contribution in [0.25, 0.3) is 0 Å². The van der Waals surface area contributed by atoms with E-state index in [1.807, 2.05) is 39.8 Å². The lowest BCUT2D eigenvalue weighted by molar-refractivity contribution is 0.0789. The Morgan fingerprint density at radius 1 is 1.36 bits per heavy atom. The molecule has 14 heavy (non-hydrogen) atoms. The summed E-state index contributed by atoms with van der Waals surface area (Å²) in [7, 11) is 0. The summed E-state index contributed by atoms with van der Waals surface area (Å²) >= 11 is 0. The van der Waals surface area contributed by atoms with Crippen molar-refractivity contribution in [2.75, 3.05) is 6.61 Å². The molecule has 1 aromatic heterocycles. The average molecular weight is 196 g/mol. The smallest absolute Gasteiger partial charge is 0.0606 e. The first-order valence-electron chi connectivity index (χ1n) is 4.87. The van der Waals surface area contributed by atoms with Gasteiger partial charge in [-0.15, -0.1) is 0 Å². The zero-order chi connectivity index (χ0) is 11.0. The number of H-pyrrole nitrogens is 1. The van der Waals surface area contributed by atoms with E-state index in [4.69, 9.17) is 5.73 Å². The molecule has 1 rings (SSSR count). The lowest BCUT2D eigenvalue weighted by Crippen LogP contribution is -2.49. The molecule has 4 N–H and O–H groups in total. The third kappa shape index (κ3) is 1.70. The number of nitrogens with two attached hydrogens (primary N) is 1. The molecule has 0 amide bonds. The van der Waals surface area contributed by atoms with Crippen molar-refractivity contribution in [3.8, 4) is 0 Å². The molecular weight excluding hydrogens is 176 g/mol. The summed E-state index contributed by atoms with van der Waals surface area (Å²) in [5, 5.41) is 9.30. The van der Waals surface area contributed by atoms with E-state index < -0.39 is 5.54 Å². The van der Waals surface area contributed by atoms with Gasteiger partial charge >= 0.3 is 0 Å². The van der Waals surface area contributed by atoms with E-state index in [9.17, 15) is 5.11 Å². The zero-order valence-corrected chi connectivity index (χ0v) is 9.39. The summed E-state index contributed by atoms with van der Waals surface area (Å²) in [5.41, 5.74) is 7.41. The molecule has 0 spiro atoms. The van der Waals surface area contributed by atoms with Crippen molar-refractivity contribution in [1.82, 2.24) is 4.98 Å². The molecule has 0 fully saturated rings. The highest BCUT2D eigenvalue weighted by molar-refractivity contribution is 5.22. The minimum Gasteiger partial charge on any atom is -0.396 e. The molecule has 0 aromatic carbocycles. The fourth-order valence-corrected chi connectivity index (χ4v) is 1.34. The summed E-state index contributed by atoms with van der Waals surface area (Å²) in [6, 6.07) is 3.97. The quantitative estimate of drug-likeness (QED) is 0.686. The van der Waals surface area contributed by atoms with Gasteiger partial charge in [0, 0.05) is 16.8 Å². The van der Waals surface area contributed by atoms with Crippen molar-refractivity contribution in [1.29, 1.82) is 0 Å². The van der Waals surface area contributed by atoms with Crippen LogP contribution in [0, 0.1) is 12.3 Å². The number of rotatable bonds is 3. The van der Waals surface area contributed by atoms with Gasteiger partial charge < -0.3 is 15.8 Å². The van der Waals surface area contributed by atoms with Crippen LogP contribution in [0.3, 0.4) is 0 Å². The Morgan fingerprint density at radius 2 is 1.93 bits per heavy atom. The Bertz CT molecular complexity index is 313. The highest BCUT2D eigenvalue weighted by atomic mass is 16.3. The Labute approximate surface area is 85.3 Å². The van der Waals surface area contributed by atoms with Gasteiger partial charge in [-0.25, -0.2) is 0 Å². The molecule has 1 heterocycles. The van der Waals surface area contributed by atoms with Gasteiger partial charge in [0.05, 0.1) is 12.1 Å². The van der Waals surface area contributed by atoms with Crippen LogP contribution in [0.15, 0.2) is 12.1 Å². The van der Waals surface area contributed by atoms with E-state index in [1.165, 1.54) is 0 Å². The van der Waals surface area contributed by atoms with E-state index in [0.29, 0.717) is 0 Å². The average Bonchev–Trinajstić information content (AvgIpc) is 2.52. The molecule has 0 saturated heterocycles. The molecule has 0 aliphatic rings. The number of aryl methyl sites for hydroxylation is 1. The van der Waals surface area contributed by atoms with Gasteiger partial charge in [-0.2, -0.15) is 0 Å². The molecule has 0 unspecified atom stereocenters. The van der Waals surface area contributed by atoms with E-state index in [-0.39, 0.29) is 12.0 Å². The molecule has 1 atom stereocenters. The Morgan fingerprint density at radius 3 is 2.29 bits per heavy atom. The first-order valence-corrected chi connectivity index (χ1v) is 4.87. The summed E-state index contributed by atoms with van der Waals surface area (Å²) in [6.07, 6.45) is 0. The maximum atomic E-state index is 9.30. The first-order chi connectivity index (χ1) is 6.31. The number of hydrogen-bond acceptors (Lipinski definition) is 2. The van der Waals surface area contributed by atoms with E-state index in [2.05, 4.69) is 4.98 Å². The van der Waals surface area contributed by atoms with Crippen LogP contribution in [0.4, 0.5) is 0 Å². The number of aromatic amines is 1. The van der Waals surface area contributed by atoms with Crippen LogP contribution in [0.1, 0.15) is 32.2 Å². The summed E-state index contributed by atoms with van der Waals surface area (Å²) < 4.78 is 0. The van der Waals surface area contributed by atoms with Gasteiger partial charge in [-0.3, -0.25) is 0 Å². The van der Waals surface area contributed by atoms with Crippen LogP contribution in [-0.4, -0.2) is 16.7 Å². The monoisotopic (exact) mass is 196 g/mol. The van der Waals surface area contributed by atoms with Crippen molar-refractivity contribution in [2.45, 2.75) is 33.2 Å². The summed E-state index contributed by atoms with van der Waals surface area (Å²) in [4.78, 5) is 3.22. The number of nitrogens with one attached hydrogen (secondary N) is 1. The molecule has 3 heteroatoms. The van der Waals surface area contributed by atoms with E-state index in [1.54, 1.807) is 0 Å². The second kappa shape index (κ2) is 3.41. The molecular formula is C11H20N2O. The molecule has 0 aliphatic heterocycles. The predicted octanol–water partition coefficient (Wildman–Crippen LogP) is 1.52. The van der Waals surface area contributed by atoms with Gasteiger partial charge in [-0.1, -0.05) is 13.8 Å². The first kappa shape index (κ1) is 11.3. The third-order valence-corrected chi connectivity index (χ3v) is 3.19. The van der Waals surface area contributed by atoms with Crippen molar-refractivity contribution in [2.24, 2.45) is 11.1 Å². The predicted molar refractivity (Wildman–Crippen MR) is 57.9 cm³/mol. The largest absolute Gasteiger partial charge is 0.396 e. The third-order valence-electron chi connectivity index (χ3n) is 3.19. The maximum absolute atomic E-state index is 9.30. The van der Waals surface area contributed by atoms with Crippen LogP contribution < -0.4 is 5.73 Å². The second-order valence-corrected chi connectivity index (χ2v) is 4.80. The zero-order valence-electron chi connectivity index (χ0n) is 9.39. The second-order valence-electron chi connectivity index (χ2n) is 4.80. The molecule has 3 nitrogen and oxygen atoms in total. The lowest BCUT2D eigenvalue weighted by Gasteiger charge is -2.39. The van der Waals surface area contributed by atoms with Crippen molar-refractivity contribution in [3.05, 3.63) is 23.5 Å². The maximum Gasteiger partial charge on any atom is 0.0606 e. The van der Waals surface area contributed by atoms with Crippen molar-refractivity contribution < 1.29 is 5.11 Å².